The Morgan fingerprint density at radius 1 is 0.971 bits per heavy atom. The van der Waals surface area contributed by atoms with Crippen molar-refractivity contribution in [1.29, 1.82) is 0 Å². The smallest absolute Gasteiger partial charge is 0.254 e. The molecule has 6 nitrogen and oxygen atoms in total. The Labute approximate surface area is 205 Å². The first kappa shape index (κ1) is 21.6. The molecule has 0 radical (unpaired) electrons. The van der Waals surface area contributed by atoms with E-state index in [9.17, 15) is 4.79 Å². The third-order valence-corrected chi connectivity index (χ3v) is 6.99. The van der Waals surface area contributed by atoms with Crippen molar-refractivity contribution in [3.63, 3.8) is 0 Å². The van der Waals surface area contributed by atoms with Crippen LogP contribution in [-0.2, 0) is 4.74 Å². The maximum absolute atomic E-state index is 15.1. The van der Waals surface area contributed by atoms with E-state index in [1.807, 2.05) is 48.0 Å². The zero-order valence-electron chi connectivity index (χ0n) is 18.7. The number of thiazole rings is 1. The maximum Gasteiger partial charge on any atom is 0.254 e. The predicted octanol–water partition coefficient (Wildman–Crippen LogP) is 5.87. The molecule has 6 rings (SSSR count). The number of hydrogen-bond donors (Lipinski definition) is 1. The number of benzene rings is 3. The Bertz CT molecular complexity index is 1560. The van der Waals surface area contributed by atoms with Crippen molar-refractivity contribution in [2.45, 2.75) is 0 Å². The minimum Gasteiger partial charge on any atom is -0.378 e. The third-order valence-electron chi connectivity index (χ3n) is 6.18. The lowest BCUT2D eigenvalue weighted by molar-refractivity contribution is 0.0302. The molecule has 8 heteroatoms. The molecule has 0 saturated carbocycles. The van der Waals surface area contributed by atoms with Gasteiger partial charge in [0.15, 0.2) is 0 Å². The standard InChI is InChI=1S/C27H21FN4O2S/c28-22-13-18(27(33)32-9-11-34-12-10-32)2-4-20(22)17-1-5-21-23(7-8-29-24(21)14-17)31-19-3-6-26-25(15-19)30-16-35-26/h1-8,13-16H,9-12H2,(H,29,31). The van der Waals surface area contributed by atoms with Gasteiger partial charge in [0.05, 0.1) is 34.5 Å². The number of fused-ring (bicyclic) bond motifs is 2. The molecule has 0 aliphatic carbocycles. The fourth-order valence-electron chi connectivity index (χ4n) is 4.35. The van der Waals surface area contributed by atoms with Gasteiger partial charge in [-0.15, -0.1) is 11.3 Å². The van der Waals surface area contributed by atoms with Gasteiger partial charge in [0.25, 0.3) is 5.91 Å². The van der Waals surface area contributed by atoms with Crippen LogP contribution in [-0.4, -0.2) is 47.1 Å². The largest absolute Gasteiger partial charge is 0.378 e. The molecule has 0 atom stereocenters. The summed E-state index contributed by atoms with van der Waals surface area (Å²) in [4.78, 5) is 23.3. The number of carbonyl (C=O) groups is 1. The van der Waals surface area contributed by atoms with Crippen molar-refractivity contribution in [1.82, 2.24) is 14.9 Å². The zero-order chi connectivity index (χ0) is 23.8. The van der Waals surface area contributed by atoms with Gasteiger partial charge in [-0.05, 0) is 48.0 Å². The van der Waals surface area contributed by atoms with Gasteiger partial charge in [-0.3, -0.25) is 9.78 Å². The molecule has 0 spiro atoms. The van der Waals surface area contributed by atoms with Crippen LogP contribution in [0.3, 0.4) is 0 Å². The third kappa shape index (κ3) is 4.22. The molecule has 1 aliphatic heterocycles. The van der Waals surface area contributed by atoms with Crippen LogP contribution < -0.4 is 5.32 Å². The van der Waals surface area contributed by atoms with E-state index in [0.29, 0.717) is 43.0 Å². The van der Waals surface area contributed by atoms with E-state index < -0.39 is 5.82 Å². The summed E-state index contributed by atoms with van der Waals surface area (Å²) >= 11 is 1.61. The van der Waals surface area contributed by atoms with Crippen LogP contribution >= 0.6 is 11.3 Å². The maximum atomic E-state index is 15.1. The quantitative estimate of drug-likeness (QED) is 0.346. The van der Waals surface area contributed by atoms with Crippen molar-refractivity contribution < 1.29 is 13.9 Å². The molecule has 5 aromatic rings. The SMILES string of the molecule is O=C(c1ccc(-c2ccc3c(Nc4ccc5scnc5c4)ccnc3c2)c(F)c1)N1CCOCC1. The highest BCUT2D eigenvalue weighted by Crippen LogP contribution is 2.32. The number of nitrogens with one attached hydrogen (secondary N) is 1. The first-order valence-corrected chi connectivity index (χ1v) is 12.2. The average Bonchev–Trinajstić information content (AvgIpc) is 3.37. The molecule has 3 aromatic carbocycles. The molecular weight excluding hydrogens is 463 g/mol. The molecule has 174 valence electrons. The average molecular weight is 485 g/mol. The Morgan fingerprint density at radius 2 is 1.86 bits per heavy atom. The van der Waals surface area contributed by atoms with Gasteiger partial charge in [-0.25, -0.2) is 9.37 Å². The first-order chi connectivity index (χ1) is 17.2. The summed E-state index contributed by atoms with van der Waals surface area (Å²) in [5.74, 6) is -0.611. The predicted molar refractivity (Wildman–Crippen MR) is 137 cm³/mol. The van der Waals surface area contributed by atoms with Gasteiger partial charge in [0, 0.05) is 47.2 Å². The topological polar surface area (TPSA) is 67.4 Å². The lowest BCUT2D eigenvalue weighted by Crippen LogP contribution is -2.40. The normalized spacial score (nSPS) is 13.9. The van der Waals surface area contributed by atoms with Crippen molar-refractivity contribution >= 4 is 49.7 Å². The molecule has 2 aromatic heterocycles. The van der Waals surface area contributed by atoms with Crippen LogP contribution in [0.25, 0.3) is 32.2 Å². The van der Waals surface area contributed by atoms with E-state index in [4.69, 9.17) is 4.74 Å². The van der Waals surface area contributed by atoms with Gasteiger partial charge < -0.3 is 15.0 Å². The lowest BCUT2D eigenvalue weighted by atomic mass is 10.0. The fourth-order valence-corrected chi connectivity index (χ4v) is 5.01. The highest BCUT2D eigenvalue weighted by atomic mass is 32.1. The summed E-state index contributed by atoms with van der Waals surface area (Å²) in [6.07, 6.45) is 1.73. The number of rotatable bonds is 4. The second-order valence-electron chi connectivity index (χ2n) is 8.35. The van der Waals surface area contributed by atoms with E-state index in [1.54, 1.807) is 34.6 Å². The molecule has 1 amide bonds. The summed E-state index contributed by atoms with van der Waals surface area (Å²) in [5, 5.41) is 4.38. The molecule has 35 heavy (non-hydrogen) atoms. The van der Waals surface area contributed by atoms with E-state index in [0.717, 1.165) is 32.5 Å². The fraction of sp³-hybridized carbons (Fsp3) is 0.148. The number of morpholine rings is 1. The monoisotopic (exact) mass is 484 g/mol. The lowest BCUT2D eigenvalue weighted by Gasteiger charge is -2.27. The highest BCUT2D eigenvalue weighted by molar-refractivity contribution is 7.16. The summed E-state index contributed by atoms with van der Waals surface area (Å²) in [7, 11) is 0. The summed E-state index contributed by atoms with van der Waals surface area (Å²) in [6.45, 7) is 2.05. The van der Waals surface area contributed by atoms with Crippen LogP contribution in [0.1, 0.15) is 10.4 Å². The Hall–Kier alpha value is -3.88. The van der Waals surface area contributed by atoms with Crippen LogP contribution in [0, 0.1) is 5.82 Å². The van der Waals surface area contributed by atoms with E-state index in [1.165, 1.54) is 6.07 Å². The van der Waals surface area contributed by atoms with Gasteiger partial charge >= 0.3 is 0 Å². The van der Waals surface area contributed by atoms with E-state index in [-0.39, 0.29) is 5.91 Å². The number of pyridine rings is 1. The second-order valence-corrected chi connectivity index (χ2v) is 9.24. The molecule has 3 heterocycles. The molecule has 1 N–H and O–H groups in total. The number of nitrogens with zero attached hydrogens (tertiary/aromatic N) is 3. The number of carbonyl (C=O) groups excluding carboxylic acids is 1. The summed E-state index contributed by atoms with van der Waals surface area (Å²) < 4.78 is 21.5. The number of halogens is 1. The van der Waals surface area contributed by atoms with E-state index >= 15 is 4.39 Å². The Kier molecular flexibility index (Phi) is 5.60. The molecule has 0 unspecified atom stereocenters. The van der Waals surface area contributed by atoms with Crippen molar-refractivity contribution in [2.24, 2.45) is 0 Å². The zero-order valence-corrected chi connectivity index (χ0v) is 19.5. The van der Waals surface area contributed by atoms with Crippen molar-refractivity contribution in [3.05, 3.63) is 83.8 Å². The molecule has 1 fully saturated rings. The van der Waals surface area contributed by atoms with Crippen molar-refractivity contribution in [3.8, 4) is 11.1 Å². The van der Waals surface area contributed by atoms with Gasteiger partial charge in [0.2, 0.25) is 0 Å². The Balaban J connectivity index is 1.29. The number of anilines is 2. The van der Waals surface area contributed by atoms with Gasteiger partial charge in [-0.2, -0.15) is 0 Å². The number of amides is 1. The van der Waals surface area contributed by atoms with Gasteiger partial charge in [-0.1, -0.05) is 18.2 Å². The highest BCUT2D eigenvalue weighted by Gasteiger charge is 2.20. The first-order valence-electron chi connectivity index (χ1n) is 11.3. The summed E-state index contributed by atoms with van der Waals surface area (Å²) in [5.41, 5.74) is 6.85. The molecule has 0 bridgehead atoms. The number of aromatic nitrogens is 2. The number of ether oxygens (including phenoxy) is 1. The van der Waals surface area contributed by atoms with E-state index in [2.05, 4.69) is 15.3 Å². The molecule has 1 aliphatic rings. The minimum atomic E-state index is -0.436. The van der Waals surface area contributed by atoms with Crippen LogP contribution in [0.4, 0.5) is 15.8 Å². The summed E-state index contributed by atoms with van der Waals surface area (Å²) in [6, 6.07) is 18.3. The van der Waals surface area contributed by atoms with Crippen LogP contribution in [0.2, 0.25) is 0 Å². The van der Waals surface area contributed by atoms with Crippen molar-refractivity contribution in [2.75, 3.05) is 31.6 Å². The molecular formula is C27H21FN4O2S. The van der Waals surface area contributed by atoms with Crippen LogP contribution in [0.5, 0.6) is 0 Å². The number of hydrogen-bond acceptors (Lipinski definition) is 6. The van der Waals surface area contributed by atoms with Gasteiger partial charge in [0.1, 0.15) is 5.82 Å². The van der Waals surface area contributed by atoms with Crippen LogP contribution in [0.15, 0.2) is 72.4 Å². The molecule has 1 saturated heterocycles. The Morgan fingerprint density at radius 3 is 2.71 bits per heavy atom. The second kappa shape index (κ2) is 9.05. The minimum absolute atomic E-state index is 0.175.